The number of hydrogen-bond acceptors (Lipinski definition) is 0. The zero-order valence-electron chi connectivity index (χ0n) is 20.8. The van der Waals surface area contributed by atoms with Gasteiger partial charge in [-0.05, 0) is 19.3 Å². The molecule has 2 heteroatoms. The van der Waals surface area contributed by atoms with Crippen LogP contribution in [-0.4, -0.2) is 5.43 Å². The Balaban J connectivity index is 0.000000186. The van der Waals surface area contributed by atoms with Crippen molar-refractivity contribution in [2.45, 2.75) is 67.0 Å². The second-order valence-corrected chi connectivity index (χ2v) is 18.8. The first-order valence-electron chi connectivity index (χ1n) is 11.7. The van der Waals surface area contributed by atoms with Crippen molar-refractivity contribution in [3.05, 3.63) is 93.5 Å². The second-order valence-electron chi connectivity index (χ2n) is 9.39. The molecule has 0 N–H and O–H groups in total. The number of hydrogen-bond donors (Lipinski definition) is 0. The van der Waals surface area contributed by atoms with Gasteiger partial charge in [-0.3, -0.25) is 0 Å². The van der Waals surface area contributed by atoms with E-state index in [9.17, 15) is 0 Å². The van der Waals surface area contributed by atoms with Crippen LogP contribution in [0.25, 0.3) is 21.9 Å². The first-order valence-corrected chi connectivity index (χ1v) is 17.9. The predicted octanol–water partition coefficient (Wildman–Crippen LogP) is 8.45. The van der Waals surface area contributed by atoms with Gasteiger partial charge in [-0.25, -0.2) is 0 Å². The van der Waals surface area contributed by atoms with E-state index in [0.29, 0.717) is 0 Å². The molecule has 0 atom stereocenters. The summed E-state index contributed by atoms with van der Waals surface area (Å²) in [6, 6.07) is 20.2. The standard InChI is InChI=1S/C19H17.C9H13.C2H6Si.Zr/c1-13-10-17-11-15-8-5-9-16(15)12-18(17)19(13)14-6-3-2-4-7-14;1-6-5-7(2)9(4)8(6)3;1-3-2;/h2-4,6-7,10-12H,5,8-9H2,1H3;5H,1-4H3;1-2H3;/q2*-1;;+2. The molecule has 0 nitrogen and oxygen atoms in total. The number of benzene rings is 2. The van der Waals surface area contributed by atoms with E-state index in [2.05, 4.69) is 102 Å². The molecular weight excluding hydrogens is 480 g/mol. The summed E-state index contributed by atoms with van der Waals surface area (Å²) < 4.78 is 0. The van der Waals surface area contributed by atoms with Gasteiger partial charge in [0.05, 0.1) is 0 Å². The fraction of sp³-hybridized carbons (Fsp3) is 0.333. The third-order valence-electron chi connectivity index (χ3n) is 6.54. The third kappa shape index (κ3) is 5.89. The van der Waals surface area contributed by atoms with E-state index in [4.69, 9.17) is 0 Å². The van der Waals surface area contributed by atoms with Gasteiger partial charge < -0.3 is 0 Å². The molecule has 0 bridgehead atoms. The molecule has 0 fully saturated rings. The molecule has 0 unspecified atom stereocenters. The van der Waals surface area contributed by atoms with E-state index in [1.807, 2.05) is 0 Å². The maximum Gasteiger partial charge on any atom is -0.0289 e. The SMILES string of the molecule is C[Si](C)=[Zr+2].Cc1[cH-]c(C)c(C)c1C.Cc1[cH-]c2cc3c(cc2c1-c1ccccc1)CCC3. The Labute approximate surface area is 210 Å². The van der Waals surface area contributed by atoms with Crippen LogP contribution in [0.3, 0.4) is 0 Å². The van der Waals surface area contributed by atoms with Gasteiger partial charge in [0.2, 0.25) is 0 Å². The van der Waals surface area contributed by atoms with Crippen molar-refractivity contribution in [3.8, 4) is 11.1 Å². The fourth-order valence-corrected chi connectivity index (χ4v) is 4.62. The van der Waals surface area contributed by atoms with Crippen LogP contribution in [0.5, 0.6) is 0 Å². The van der Waals surface area contributed by atoms with Crippen LogP contribution in [0.4, 0.5) is 0 Å². The van der Waals surface area contributed by atoms with Crippen molar-refractivity contribution in [1.29, 1.82) is 0 Å². The first kappa shape index (κ1) is 25.1. The summed E-state index contributed by atoms with van der Waals surface area (Å²) in [4.78, 5) is 0. The molecule has 0 aromatic heterocycles. The summed E-state index contributed by atoms with van der Waals surface area (Å²) in [6.07, 6.45) is 3.83. The van der Waals surface area contributed by atoms with Gasteiger partial charge in [0, 0.05) is 0 Å². The Morgan fingerprint density at radius 3 is 1.78 bits per heavy atom. The van der Waals surface area contributed by atoms with Gasteiger partial charge >= 0.3 is 41.9 Å². The summed E-state index contributed by atoms with van der Waals surface area (Å²) >= 11 is 1.74. The van der Waals surface area contributed by atoms with Crippen LogP contribution < -0.4 is 0 Å². The molecular formula is C30H36SiZr. The summed E-state index contributed by atoms with van der Waals surface area (Å²) in [5, 5.41) is 2.85. The van der Waals surface area contributed by atoms with Crippen molar-refractivity contribution in [1.82, 2.24) is 0 Å². The Kier molecular flexibility index (Phi) is 8.70. The topological polar surface area (TPSA) is 0 Å². The van der Waals surface area contributed by atoms with Crippen LogP contribution in [0.15, 0.2) is 54.6 Å². The maximum absolute atomic E-state index is 2.44. The molecule has 0 aliphatic heterocycles. The minimum Gasteiger partial charge on any atom is -0.196 e. The Morgan fingerprint density at radius 2 is 1.28 bits per heavy atom. The zero-order chi connectivity index (χ0) is 23.4. The molecule has 5 rings (SSSR count). The molecule has 4 aromatic rings. The maximum atomic E-state index is 2.44. The smallest absolute Gasteiger partial charge is 0.0289 e. The summed E-state index contributed by atoms with van der Waals surface area (Å²) in [7, 11) is 0. The molecule has 1 aliphatic carbocycles. The Hall–Kier alpha value is -1.50. The van der Waals surface area contributed by atoms with Crippen LogP contribution in [0, 0.1) is 34.6 Å². The Bertz CT molecular complexity index is 1190. The molecule has 4 aromatic carbocycles. The quantitative estimate of drug-likeness (QED) is 0.176. The third-order valence-corrected chi connectivity index (χ3v) is 6.54. The van der Waals surface area contributed by atoms with Crippen LogP contribution in [0.2, 0.25) is 13.1 Å². The fourth-order valence-electron chi connectivity index (χ4n) is 4.62. The van der Waals surface area contributed by atoms with E-state index in [1.165, 1.54) is 69.0 Å². The van der Waals surface area contributed by atoms with Crippen LogP contribution in [-0.2, 0) is 36.2 Å². The van der Waals surface area contributed by atoms with Crippen molar-refractivity contribution >= 4 is 16.2 Å². The van der Waals surface area contributed by atoms with Gasteiger partial charge in [0.1, 0.15) is 0 Å². The second kappa shape index (κ2) is 11.1. The van der Waals surface area contributed by atoms with Crippen LogP contribution >= 0.6 is 0 Å². The predicted molar refractivity (Wildman–Crippen MR) is 140 cm³/mol. The monoisotopic (exact) mass is 514 g/mol. The van der Waals surface area contributed by atoms with Crippen molar-refractivity contribution in [2.24, 2.45) is 0 Å². The van der Waals surface area contributed by atoms with Gasteiger partial charge in [-0.15, -0.1) is 40.1 Å². The molecule has 0 spiro atoms. The molecule has 0 saturated heterocycles. The molecule has 0 saturated carbocycles. The van der Waals surface area contributed by atoms with Crippen LogP contribution in [0.1, 0.15) is 45.4 Å². The Morgan fingerprint density at radius 1 is 0.750 bits per heavy atom. The van der Waals surface area contributed by atoms with Gasteiger partial charge in [-0.2, -0.15) is 28.3 Å². The van der Waals surface area contributed by atoms with E-state index < -0.39 is 0 Å². The van der Waals surface area contributed by atoms with Gasteiger partial charge in [0.25, 0.3) is 0 Å². The first-order chi connectivity index (χ1) is 15.2. The van der Waals surface area contributed by atoms with Gasteiger partial charge in [0.15, 0.2) is 0 Å². The van der Waals surface area contributed by atoms with Crippen molar-refractivity contribution in [3.63, 3.8) is 0 Å². The molecule has 1 aliphatic rings. The summed E-state index contributed by atoms with van der Waals surface area (Å²) in [5.41, 5.74) is 13.2. The molecule has 164 valence electrons. The molecule has 0 radical (unpaired) electrons. The minimum atomic E-state index is 0.210. The average molecular weight is 516 g/mol. The van der Waals surface area contributed by atoms with E-state index >= 15 is 0 Å². The number of fused-ring (bicyclic) bond motifs is 2. The number of aryl methyl sites for hydroxylation is 5. The van der Waals surface area contributed by atoms with E-state index in [0.717, 1.165) is 0 Å². The van der Waals surface area contributed by atoms with E-state index in [-0.39, 0.29) is 5.43 Å². The molecule has 32 heavy (non-hydrogen) atoms. The molecule has 0 amide bonds. The number of rotatable bonds is 1. The minimum absolute atomic E-state index is 0.210. The van der Waals surface area contributed by atoms with Crippen molar-refractivity contribution < 1.29 is 23.3 Å². The van der Waals surface area contributed by atoms with Gasteiger partial charge in [-0.1, -0.05) is 81.6 Å². The van der Waals surface area contributed by atoms with E-state index in [1.54, 1.807) is 34.5 Å². The van der Waals surface area contributed by atoms with Crippen molar-refractivity contribution in [2.75, 3.05) is 0 Å². The largest absolute Gasteiger partial charge is 0.196 e. The molecule has 0 heterocycles. The summed E-state index contributed by atoms with van der Waals surface area (Å²) in [6.45, 7) is 15.5. The average Bonchev–Trinajstić information content (AvgIpc) is 3.39. The zero-order valence-corrected chi connectivity index (χ0v) is 24.3. The normalized spacial score (nSPS) is 12.0. The summed E-state index contributed by atoms with van der Waals surface area (Å²) in [5.74, 6) is 0.